The van der Waals surface area contributed by atoms with Gasteiger partial charge in [0.05, 0.1) is 13.2 Å². The van der Waals surface area contributed by atoms with E-state index in [1.165, 1.54) is 23.9 Å². The summed E-state index contributed by atoms with van der Waals surface area (Å²) in [6.45, 7) is 5.73. The Morgan fingerprint density at radius 1 is 1.14 bits per heavy atom. The second-order valence-corrected chi connectivity index (χ2v) is 6.90. The zero-order valence-corrected chi connectivity index (χ0v) is 16.1. The fourth-order valence-electron chi connectivity index (χ4n) is 2.77. The largest absolute Gasteiger partial charge is 0.439 e. The average molecular weight is 402 g/mol. The third-order valence-corrected chi connectivity index (χ3v) is 5.00. The van der Waals surface area contributed by atoms with Crippen molar-refractivity contribution in [2.75, 3.05) is 31.2 Å². The Hall–Kier alpha value is -2.72. The van der Waals surface area contributed by atoms with E-state index in [4.69, 9.17) is 9.47 Å². The lowest BCUT2D eigenvalue weighted by Gasteiger charge is -2.27. The lowest BCUT2D eigenvalue weighted by molar-refractivity contribution is 0.121. The minimum absolute atomic E-state index is 0.318. The number of rotatable bonds is 6. The predicted molar refractivity (Wildman–Crippen MR) is 101 cm³/mol. The second kappa shape index (κ2) is 8.53. The summed E-state index contributed by atoms with van der Waals surface area (Å²) in [7, 11) is 0. The Balaban J connectivity index is 1.51. The molecule has 0 N–H and O–H groups in total. The zero-order chi connectivity index (χ0) is 19.3. The average Bonchev–Trinajstić information content (AvgIpc) is 3.13. The highest BCUT2D eigenvalue weighted by Gasteiger charge is 2.20. The lowest BCUT2D eigenvalue weighted by Crippen LogP contribution is -2.38. The molecule has 28 heavy (non-hydrogen) atoms. The van der Waals surface area contributed by atoms with E-state index >= 15 is 0 Å². The van der Waals surface area contributed by atoms with Gasteiger partial charge in [-0.25, -0.2) is 9.37 Å². The van der Waals surface area contributed by atoms with Gasteiger partial charge in [0, 0.05) is 31.9 Å². The second-order valence-electron chi connectivity index (χ2n) is 5.96. The van der Waals surface area contributed by atoms with E-state index in [-0.39, 0.29) is 5.82 Å². The van der Waals surface area contributed by atoms with Crippen molar-refractivity contribution in [3.05, 3.63) is 42.3 Å². The Morgan fingerprint density at radius 3 is 2.68 bits per heavy atom. The van der Waals surface area contributed by atoms with Crippen molar-refractivity contribution in [1.29, 1.82) is 0 Å². The first kappa shape index (κ1) is 18.6. The first-order valence-electron chi connectivity index (χ1n) is 8.93. The molecule has 146 valence electrons. The van der Waals surface area contributed by atoms with E-state index in [2.05, 4.69) is 25.1 Å². The minimum Gasteiger partial charge on any atom is -0.439 e. The molecule has 0 saturated carbocycles. The molecular weight excluding hydrogens is 383 g/mol. The highest BCUT2D eigenvalue weighted by molar-refractivity contribution is 7.99. The molecule has 0 unspecified atom stereocenters. The van der Waals surface area contributed by atoms with Gasteiger partial charge < -0.3 is 14.4 Å². The molecule has 10 heteroatoms. The number of halogens is 1. The highest BCUT2D eigenvalue weighted by atomic mass is 32.2. The summed E-state index contributed by atoms with van der Waals surface area (Å²) in [5.41, 5.74) is 0. The number of morpholine rings is 1. The van der Waals surface area contributed by atoms with Crippen LogP contribution < -0.4 is 9.64 Å². The van der Waals surface area contributed by atoms with Crippen LogP contribution in [0.5, 0.6) is 11.6 Å². The molecule has 1 saturated heterocycles. The standard InChI is InChI=1S/C18H19FN6O2S/c1-2-25-17(24-9-11-26-12-10-24)22-23-18(25)28-16-20-8-7-15(21-16)27-14-5-3-13(19)4-6-14/h3-8H,2,9-12H2,1H3. The van der Waals surface area contributed by atoms with Crippen LogP contribution in [0.4, 0.5) is 10.3 Å². The van der Waals surface area contributed by atoms with Crippen molar-refractivity contribution in [2.45, 2.75) is 23.8 Å². The molecule has 0 radical (unpaired) electrons. The van der Waals surface area contributed by atoms with E-state index in [1.807, 2.05) is 11.5 Å². The normalized spacial score (nSPS) is 14.3. The van der Waals surface area contributed by atoms with Gasteiger partial charge in [0.25, 0.3) is 0 Å². The fourth-order valence-corrected chi connectivity index (χ4v) is 3.58. The van der Waals surface area contributed by atoms with E-state index in [0.29, 0.717) is 35.2 Å². The molecule has 1 aromatic carbocycles. The molecule has 3 heterocycles. The summed E-state index contributed by atoms with van der Waals surface area (Å²) < 4.78 is 26.1. The molecule has 2 aromatic heterocycles. The molecule has 3 aromatic rings. The van der Waals surface area contributed by atoms with Crippen molar-refractivity contribution in [2.24, 2.45) is 0 Å². The monoisotopic (exact) mass is 402 g/mol. The molecule has 0 spiro atoms. The molecule has 8 nitrogen and oxygen atoms in total. The molecule has 0 bridgehead atoms. The van der Waals surface area contributed by atoms with Crippen LogP contribution >= 0.6 is 11.8 Å². The molecule has 1 aliphatic rings. The summed E-state index contributed by atoms with van der Waals surface area (Å²) in [5.74, 6) is 1.38. The third-order valence-electron chi connectivity index (χ3n) is 4.13. The van der Waals surface area contributed by atoms with E-state index in [9.17, 15) is 4.39 Å². The summed E-state index contributed by atoms with van der Waals surface area (Å²) in [5, 5.41) is 9.86. The maximum atomic E-state index is 13.0. The van der Waals surface area contributed by atoms with Crippen LogP contribution in [0.25, 0.3) is 0 Å². The number of nitrogens with zero attached hydrogens (tertiary/aromatic N) is 6. The molecule has 4 rings (SSSR count). The van der Waals surface area contributed by atoms with Crippen molar-refractivity contribution in [3.8, 4) is 11.6 Å². The van der Waals surface area contributed by atoms with E-state index in [1.54, 1.807) is 24.4 Å². The Kier molecular flexibility index (Phi) is 5.68. The number of anilines is 1. The van der Waals surface area contributed by atoms with Crippen molar-refractivity contribution in [1.82, 2.24) is 24.7 Å². The number of benzene rings is 1. The summed E-state index contributed by atoms with van der Waals surface area (Å²) in [6, 6.07) is 7.42. The summed E-state index contributed by atoms with van der Waals surface area (Å²) in [4.78, 5) is 10.9. The number of hydrogen-bond donors (Lipinski definition) is 0. The van der Waals surface area contributed by atoms with Gasteiger partial charge in [0.2, 0.25) is 11.8 Å². The molecule has 0 atom stereocenters. The number of hydrogen-bond acceptors (Lipinski definition) is 8. The predicted octanol–water partition coefficient (Wildman–Crippen LogP) is 3.01. The van der Waals surface area contributed by atoms with Crippen LogP contribution in [0.15, 0.2) is 46.8 Å². The smallest absolute Gasteiger partial charge is 0.228 e. The topological polar surface area (TPSA) is 78.2 Å². The molecule has 1 aliphatic heterocycles. The molecule has 0 aliphatic carbocycles. The van der Waals surface area contributed by atoms with Gasteiger partial charge in [0.15, 0.2) is 10.3 Å². The van der Waals surface area contributed by atoms with Gasteiger partial charge in [-0.2, -0.15) is 4.98 Å². The van der Waals surface area contributed by atoms with Gasteiger partial charge >= 0.3 is 0 Å². The molecule has 0 amide bonds. The maximum Gasteiger partial charge on any atom is 0.228 e. The minimum atomic E-state index is -0.318. The number of ether oxygens (including phenoxy) is 2. The quantitative estimate of drug-likeness (QED) is 0.583. The third kappa shape index (κ3) is 4.23. The van der Waals surface area contributed by atoms with Gasteiger partial charge in [0.1, 0.15) is 11.6 Å². The van der Waals surface area contributed by atoms with Crippen LogP contribution in [0.1, 0.15) is 6.92 Å². The fraction of sp³-hybridized carbons (Fsp3) is 0.333. The van der Waals surface area contributed by atoms with Crippen LogP contribution in [-0.2, 0) is 11.3 Å². The summed E-state index contributed by atoms with van der Waals surface area (Å²) in [6.07, 6.45) is 1.61. The molecule has 1 fully saturated rings. The van der Waals surface area contributed by atoms with E-state index < -0.39 is 0 Å². The van der Waals surface area contributed by atoms with Crippen LogP contribution in [0.2, 0.25) is 0 Å². The van der Waals surface area contributed by atoms with Crippen molar-refractivity contribution < 1.29 is 13.9 Å². The maximum absolute atomic E-state index is 13.0. The Morgan fingerprint density at radius 2 is 1.93 bits per heavy atom. The van der Waals surface area contributed by atoms with Crippen LogP contribution in [0, 0.1) is 5.82 Å². The Labute approximate surface area is 165 Å². The Bertz CT molecular complexity index is 930. The van der Waals surface area contributed by atoms with Crippen LogP contribution in [0.3, 0.4) is 0 Å². The first-order chi connectivity index (χ1) is 13.7. The lowest BCUT2D eigenvalue weighted by atomic mass is 10.3. The van der Waals surface area contributed by atoms with Crippen molar-refractivity contribution in [3.63, 3.8) is 0 Å². The van der Waals surface area contributed by atoms with E-state index in [0.717, 1.165) is 25.6 Å². The SMILES string of the molecule is CCn1c(Sc2nccc(Oc3ccc(F)cc3)n2)nnc1N1CCOCC1. The number of aromatic nitrogens is 5. The highest BCUT2D eigenvalue weighted by Crippen LogP contribution is 2.28. The molecular formula is C18H19FN6O2S. The van der Waals surface area contributed by atoms with Crippen LogP contribution in [-0.4, -0.2) is 51.0 Å². The zero-order valence-electron chi connectivity index (χ0n) is 15.3. The van der Waals surface area contributed by atoms with Gasteiger partial charge in [-0.1, -0.05) is 0 Å². The van der Waals surface area contributed by atoms with Crippen molar-refractivity contribution >= 4 is 17.7 Å². The van der Waals surface area contributed by atoms with Gasteiger partial charge in [-0.05, 0) is 43.0 Å². The van der Waals surface area contributed by atoms with Gasteiger partial charge in [-0.15, -0.1) is 10.2 Å². The first-order valence-corrected chi connectivity index (χ1v) is 9.75. The summed E-state index contributed by atoms with van der Waals surface area (Å²) >= 11 is 1.32. The van der Waals surface area contributed by atoms with Gasteiger partial charge in [-0.3, -0.25) is 4.57 Å².